The third kappa shape index (κ3) is 4.53. The van der Waals surface area contributed by atoms with Gasteiger partial charge in [-0.3, -0.25) is 0 Å². The van der Waals surface area contributed by atoms with Gasteiger partial charge in [-0.15, -0.1) is 0 Å². The van der Waals surface area contributed by atoms with Gasteiger partial charge in [0.2, 0.25) is 0 Å². The van der Waals surface area contributed by atoms with Gasteiger partial charge < -0.3 is 10.2 Å². The molecule has 1 aromatic rings. The monoisotopic (exact) mass is 282 g/mol. The van der Waals surface area contributed by atoms with Crippen molar-refractivity contribution in [1.82, 2.24) is 10.2 Å². The minimum Gasteiger partial charge on any atom is -0.313 e. The van der Waals surface area contributed by atoms with Gasteiger partial charge in [-0.1, -0.05) is 12.5 Å². The molecule has 1 unspecified atom stereocenters. The number of nitrogens with one attached hydrogen (secondary N) is 1. The molecule has 1 aliphatic rings. The molecule has 1 fully saturated rings. The van der Waals surface area contributed by atoms with E-state index in [-0.39, 0.29) is 0 Å². The largest absolute Gasteiger partial charge is 0.313 e. The van der Waals surface area contributed by atoms with Crippen molar-refractivity contribution >= 4 is 0 Å². The summed E-state index contributed by atoms with van der Waals surface area (Å²) in [6, 6.07) is 4.77. The fourth-order valence-electron chi connectivity index (χ4n) is 2.78. The maximum Gasteiger partial charge on any atom is 0.159 e. The molecule has 20 heavy (non-hydrogen) atoms. The molecule has 1 atom stereocenters. The first-order valence-electron chi connectivity index (χ1n) is 7.55. The van der Waals surface area contributed by atoms with Crippen LogP contribution < -0.4 is 5.32 Å². The predicted molar refractivity (Wildman–Crippen MR) is 77.6 cm³/mol. The molecule has 112 valence electrons. The maximum absolute atomic E-state index is 13.0. The SMILES string of the molecule is CC1CCCCN1CCCNCc1ccc(F)c(F)c1. The molecule has 2 nitrogen and oxygen atoms in total. The molecular weight excluding hydrogens is 258 g/mol. The Hall–Kier alpha value is -1.00. The van der Waals surface area contributed by atoms with Crippen molar-refractivity contribution < 1.29 is 8.78 Å². The molecule has 1 aliphatic heterocycles. The number of halogens is 2. The van der Waals surface area contributed by atoms with Crippen molar-refractivity contribution in [2.45, 2.75) is 45.2 Å². The van der Waals surface area contributed by atoms with Crippen LogP contribution in [0.5, 0.6) is 0 Å². The summed E-state index contributed by atoms with van der Waals surface area (Å²) in [6.07, 6.45) is 5.06. The number of likely N-dealkylation sites (tertiary alicyclic amines) is 1. The highest BCUT2D eigenvalue weighted by atomic mass is 19.2. The van der Waals surface area contributed by atoms with E-state index in [1.807, 2.05) is 0 Å². The number of rotatable bonds is 6. The summed E-state index contributed by atoms with van der Waals surface area (Å²) in [6.45, 7) is 6.12. The Morgan fingerprint density at radius 1 is 1.25 bits per heavy atom. The number of hydrogen-bond acceptors (Lipinski definition) is 2. The van der Waals surface area contributed by atoms with Crippen LogP contribution in [0.1, 0.15) is 38.2 Å². The summed E-state index contributed by atoms with van der Waals surface area (Å²) in [5, 5.41) is 3.29. The average Bonchev–Trinajstić information content (AvgIpc) is 2.44. The Balaban J connectivity index is 1.62. The Kier molecular flexibility index (Phi) is 5.92. The van der Waals surface area contributed by atoms with Gasteiger partial charge in [-0.2, -0.15) is 0 Å². The van der Waals surface area contributed by atoms with Gasteiger partial charge in [0, 0.05) is 12.6 Å². The zero-order chi connectivity index (χ0) is 14.4. The lowest BCUT2D eigenvalue weighted by Gasteiger charge is -2.33. The summed E-state index contributed by atoms with van der Waals surface area (Å²) < 4.78 is 25.8. The van der Waals surface area contributed by atoms with Crippen molar-refractivity contribution in [3.05, 3.63) is 35.4 Å². The molecule has 0 radical (unpaired) electrons. The quantitative estimate of drug-likeness (QED) is 0.805. The molecule has 2 rings (SSSR count). The van der Waals surface area contributed by atoms with Gasteiger partial charge in [0.25, 0.3) is 0 Å². The van der Waals surface area contributed by atoms with Crippen LogP contribution in [0.3, 0.4) is 0 Å². The van der Waals surface area contributed by atoms with E-state index in [9.17, 15) is 8.78 Å². The van der Waals surface area contributed by atoms with Crippen LogP contribution in [0.4, 0.5) is 8.78 Å². The van der Waals surface area contributed by atoms with E-state index in [1.54, 1.807) is 6.07 Å². The van der Waals surface area contributed by atoms with Crippen molar-refractivity contribution in [2.24, 2.45) is 0 Å². The lowest BCUT2D eigenvalue weighted by molar-refractivity contribution is 0.159. The Bertz CT molecular complexity index is 423. The summed E-state index contributed by atoms with van der Waals surface area (Å²) in [5.41, 5.74) is 0.787. The second-order valence-electron chi connectivity index (χ2n) is 5.66. The number of benzene rings is 1. The van der Waals surface area contributed by atoms with Crippen LogP contribution >= 0.6 is 0 Å². The second-order valence-corrected chi connectivity index (χ2v) is 5.66. The van der Waals surface area contributed by atoms with Crippen molar-refractivity contribution in [1.29, 1.82) is 0 Å². The van der Waals surface area contributed by atoms with Crippen LogP contribution in [-0.2, 0) is 6.54 Å². The molecule has 0 aliphatic carbocycles. The first-order chi connectivity index (χ1) is 9.66. The smallest absolute Gasteiger partial charge is 0.159 e. The molecule has 1 N–H and O–H groups in total. The first kappa shape index (κ1) is 15.4. The zero-order valence-electron chi connectivity index (χ0n) is 12.2. The van der Waals surface area contributed by atoms with E-state index in [1.165, 1.54) is 37.9 Å². The maximum atomic E-state index is 13.0. The third-order valence-corrected chi connectivity index (χ3v) is 4.05. The third-order valence-electron chi connectivity index (χ3n) is 4.05. The highest BCUT2D eigenvalue weighted by molar-refractivity contribution is 5.17. The minimum absolute atomic E-state index is 0.590. The molecule has 0 amide bonds. The topological polar surface area (TPSA) is 15.3 Å². The molecular formula is C16H24F2N2. The van der Waals surface area contributed by atoms with Gasteiger partial charge in [-0.25, -0.2) is 8.78 Å². The molecule has 1 heterocycles. The van der Waals surface area contributed by atoms with Crippen molar-refractivity contribution in [3.63, 3.8) is 0 Å². The molecule has 0 spiro atoms. The Labute approximate surface area is 120 Å². The van der Waals surface area contributed by atoms with E-state index in [4.69, 9.17) is 0 Å². The van der Waals surface area contributed by atoms with E-state index < -0.39 is 11.6 Å². The van der Waals surface area contributed by atoms with Crippen LogP contribution in [0.25, 0.3) is 0 Å². The second kappa shape index (κ2) is 7.70. The van der Waals surface area contributed by atoms with Gasteiger partial charge in [-0.05, 0) is 63.5 Å². The van der Waals surface area contributed by atoms with Gasteiger partial charge in [0.1, 0.15) is 0 Å². The van der Waals surface area contributed by atoms with Gasteiger partial charge in [0.05, 0.1) is 0 Å². The van der Waals surface area contributed by atoms with E-state index in [0.29, 0.717) is 12.6 Å². The van der Waals surface area contributed by atoms with E-state index in [2.05, 4.69) is 17.1 Å². The van der Waals surface area contributed by atoms with E-state index in [0.717, 1.165) is 25.1 Å². The predicted octanol–water partition coefficient (Wildman–Crippen LogP) is 3.32. The zero-order valence-corrected chi connectivity index (χ0v) is 12.2. The summed E-state index contributed by atoms with van der Waals surface area (Å²) in [7, 11) is 0. The van der Waals surface area contributed by atoms with Crippen LogP contribution in [0.15, 0.2) is 18.2 Å². The van der Waals surface area contributed by atoms with Crippen molar-refractivity contribution in [2.75, 3.05) is 19.6 Å². The fourth-order valence-corrected chi connectivity index (χ4v) is 2.78. The number of nitrogens with zero attached hydrogens (tertiary/aromatic N) is 1. The minimum atomic E-state index is -0.784. The van der Waals surface area contributed by atoms with Crippen LogP contribution in [0, 0.1) is 11.6 Å². The molecule has 0 bridgehead atoms. The van der Waals surface area contributed by atoms with Gasteiger partial charge in [0.15, 0.2) is 11.6 Å². The van der Waals surface area contributed by atoms with Gasteiger partial charge >= 0.3 is 0 Å². The summed E-state index contributed by atoms with van der Waals surface area (Å²) >= 11 is 0. The van der Waals surface area contributed by atoms with Crippen LogP contribution in [-0.4, -0.2) is 30.6 Å². The Morgan fingerprint density at radius 3 is 2.85 bits per heavy atom. The number of piperidine rings is 1. The average molecular weight is 282 g/mol. The molecule has 1 aromatic carbocycles. The number of hydrogen-bond donors (Lipinski definition) is 1. The van der Waals surface area contributed by atoms with Crippen LogP contribution in [0.2, 0.25) is 0 Å². The normalized spacial score (nSPS) is 20.2. The summed E-state index contributed by atoms with van der Waals surface area (Å²) in [4.78, 5) is 2.54. The lowest BCUT2D eigenvalue weighted by atomic mass is 10.0. The highest BCUT2D eigenvalue weighted by Gasteiger charge is 2.16. The van der Waals surface area contributed by atoms with E-state index >= 15 is 0 Å². The molecule has 0 saturated carbocycles. The van der Waals surface area contributed by atoms with Crippen molar-refractivity contribution in [3.8, 4) is 0 Å². The fraction of sp³-hybridized carbons (Fsp3) is 0.625. The standard InChI is InChI=1S/C16H24F2N2/c1-13-5-2-3-9-20(13)10-4-8-19-12-14-6-7-15(17)16(18)11-14/h6-7,11,13,19H,2-5,8-10,12H2,1H3. The highest BCUT2D eigenvalue weighted by Crippen LogP contribution is 2.16. The Morgan fingerprint density at radius 2 is 2.10 bits per heavy atom. The molecule has 0 aromatic heterocycles. The first-order valence-corrected chi connectivity index (χ1v) is 7.55. The summed E-state index contributed by atoms with van der Waals surface area (Å²) in [5.74, 6) is -1.56. The molecule has 1 saturated heterocycles. The lowest BCUT2D eigenvalue weighted by Crippen LogP contribution is -2.38. The molecule has 4 heteroatoms.